The third-order valence-corrected chi connectivity index (χ3v) is 3.02. The summed E-state index contributed by atoms with van der Waals surface area (Å²) in [7, 11) is 1.96. The lowest BCUT2D eigenvalue weighted by molar-refractivity contribution is 0.944. The first-order valence-corrected chi connectivity index (χ1v) is 5.90. The van der Waals surface area contributed by atoms with Gasteiger partial charge < -0.3 is 9.88 Å². The van der Waals surface area contributed by atoms with Gasteiger partial charge in [0.1, 0.15) is 17.8 Å². The van der Waals surface area contributed by atoms with Crippen molar-refractivity contribution in [3.05, 3.63) is 47.9 Å². The third kappa shape index (κ3) is 1.91. The zero-order valence-electron chi connectivity index (χ0n) is 9.76. The molecule has 90 valence electrons. The summed E-state index contributed by atoms with van der Waals surface area (Å²) in [6.45, 7) is 0. The molecular formula is C13H11ClN4. The predicted octanol–water partition coefficient (Wildman–Crippen LogP) is 3.37. The van der Waals surface area contributed by atoms with Gasteiger partial charge in [-0.3, -0.25) is 0 Å². The van der Waals surface area contributed by atoms with E-state index in [-0.39, 0.29) is 0 Å². The summed E-state index contributed by atoms with van der Waals surface area (Å²) in [5.74, 6) is 0.794. The smallest absolute Gasteiger partial charge is 0.145 e. The van der Waals surface area contributed by atoms with Crippen LogP contribution < -0.4 is 5.32 Å². The van der Waals surface area contributed by atoms with Crippen molar-refractivity contribution >= 4 is 34.1 Å². The number of halogens is 1. The molecule has 0 saturated heterocycles. The minimum atomic E-state index is 0.716. The van der Waals surface area contributed by atoms with Gasteiger partial charge in [0, 0.05) is 24.0 Å². The van der Waals surface area contributed by atoms with Crippen LogP contribution in [0, 0.1) is 0 Å². The van der Waals surface area contributed by atoms with Crippen molar-refractivity contribution in [2.45, 2.75) is 0 Å². The molecule has 2 heterocycles. The van der Waals surface area contributed by atoms with Crippen LogP contribution in [0.5, 0.6) is 0 Å². The summed E-state index contributed by atoms with van der Waals surface area (Å²) in [6.07, 6.45) is 3.52. The Labute approximate surface area is 109 Å². The van der Waals surface area contributed by atoms with Gasteiger partial charge in [-0.2, -0.15) is 0 Å². The van der Waals surface area contributed by atoms with Gasteiger partial charge in [0.25, 0.3) is 0 Å². The number of aromatic nitrogens is 3. The van der Waals surface area contributed by atoms with Gasteiger partial charge in [0.2, 0.25) is 0 Å². The molecule has 0 unspecified atom stereocenters. The molecule has 0 aliphatic carbocycles. The monoisotopic (exact) mass is 258 g/mol. The van der Waals surface area contributed by atoms with Gasteiger partial charge in [0.05, 0.1) is 5.39 Å². The Morgan fingerprint density at radius 2 is 1.89 bits per heavy atom. The van der Waals surface area contributed by atoms with Crippen molar-refractivity contribution in [1.29, 1.82) is 0 Å². The van der Waals surface area contributed by atoms with Crippen molar-refractivity contribution in [3.63, 3.8) is 0 Å². The fourth-order valence-electron chi connectivity index (χ4n) is 1.85. The maximum Gasteiger partial charge on any atom is 0.145 e. The molecule has 0 bridgehead atoms. The van der Waals surface area contributed by atoms with E-state index >= 15 is 0 Å². The molecule has 2 aromatic heterocycles. The fraction of sp³-hybridized carbons (Fsp3) is 0.0769. The topological polar surface area (TPSA) is 42.7 Å². The number of nitrogens with one attached hydrogen (secondary N) is 1. The van der Waals surface area contributed by atoms with E-state index in [1.165, 1.54) is 0 Å². The van der Waals surface area contributed by atoms with Gasteiger partial charge in [0.15, 0.2) is 0 Å². The van der Waals surface area contributed by atoms with Crippen LogP contribution in [0.4, 0.5) is 11.5 Å². The molecule has 1 N–H and O–H groups in total. The summed E-state index contributed by atoms with van der Waals surface area (Å²) in [4.78, 5) is 8.52. The molecule has 4 nitrogen and oxygen atoms in total. The average Bonchev–Trinajstić information content (AvgIpc) is 2.76. The molecule has 5 heteroatoms. The van der Waals surface area contributed by atoms with Crippen molar-refractivity contribution < 1.29 is 0 Å². The second-order valence-electron chi connectivity index (χ2n) is 4.02. The van der Waals surface area contributed by atoms with Crippen LogP contribution in [-0.4, -0.2) is 14.5 Å². The molecule has 0 fully saturated rings. The van der Waals surface area contributed by atoms with Crippen LogP contribution >= 0.6 is 11.6 Å². The highest BCUT2D eigenvalue weighted by Crippen LogP contribution is 2.23. The number of hydrogen-bond donors (Lipinski definition) is 1. The minimum absolute atomic E-state index is 0.716. The van der Waals surface area contributed by atoms with Gasteiger partial charge in [-0.05, 0) is 30.3 Å². The number of rotatable bonds is 2. The molecule has 0 radical (unpaired) electrons. The van der Waals surface area contributed by atoms with E-state index in [4.69, 9.17) is 11.6 Å². The SMILES string of the molecule is Cn1ccc2c(Nc3ccc(Cl)cc3)ncnc21. The lowest BCUT2D eigenvalue weighted by atomic mass is 10.3. The third-order valence-electron chi connectivity index (χ3n) is 2.77. The Kier molecular flexibility index (Phi) is 2.64. The zero-order valence-corrected chi connectivity index (χ0v) is 10.5. The fourth-order valence-corrected chi connectivity index (χ4v) is 1.97. The molecule has 1 aromatic carbocycles. The van der Waals surface area contributed by atoms with Gasteiger partial charge in [-0.25, -0.2) is 9.97 Å². The summed E-state index contributed by atoms with van der Waals surface area (Å²) in [5.41, 5.74) is 1.85. The molecule has 18 heavy (non-hydrogen) atoms. The van der Waals surface area contributed by atoms with Crippen LogP contribution in [-0.2, 0) is 7.05 Å². The molecule has 0 atom stereocenters. The molecule has 0 amide bonds. The Morgan fingerprint density at radius 1 is 1.11 bits per heavy atom. The molecule has 3 aromatic rings. The summed E-state index contributed by atoms with van der Waals surface area (Å²) >= 11 is 5.86. The molecular weight excluding hydrogens is 248 g/mol. The van der Waals surface area contributed by atoms with Crippen LogP contribution in [0.3, 0.4) is 0 Å². The Balaban J connectivity index is 2.02. The van der Waals surface area contributed by atoms with E-state index in [1.807, 2.05) is 48.1 Å². The average molecular weight is 259 g/mol. The zero-order chi connectivity index (χ0) is 12.5. The summed E-state index contributed by atoms with van der Waals surface area (Å²) < 4.78 is 1.96. The van der Waals surface area contributed by atoms with Crippen molar-refractivity contribution in [2.75, 3.05) is 5.32 Å². The summed E-state index contributed by atoms with van der Waals surface area (Å²) in [6, 6.07) is 9.51. The highest BCUT2D eigenvalue weighted by Gasteiger charge is 2.06. The highest BCUT2D eigenvalue weighted by molar-refractivity contribution is 6.30. The Morgan fingerprint density at radius 3 is 2.67 bits per heavy atom. The molecule has 0 saturated carbocycles. The number of fused-ring (bicyclic) bond motifs is 1. The second-order valence-corrected chi connectivity index (χ2v) is 4.45. The number of hydrogen-bond acceptors (Lipinski definition) is 3. The largest absolute Gasteiger partial charge is 0.340 e. The lowest BCUT2D eigenvalue weighted by Gasteiger charge is -2.06. The standard InChI is InChI=1S/C13H11ClN4/c1-18-7-6-11-12(15-8-16-13(11)18)17-10-4-2-9(14)3-5-10/h2-8H,1H3,(H,15,16,17). The number of benzene rings is 1. The van der Waals surface area contributed by atoms with Crippen LogP contribution in [0.25, 0.3) is 11.0 Å². The predicted molar refractivity (Wildman–Crippen MR) is 73.2 cm³/mol. The van der Waals surface area contributed by atoms with Crippen LogP contribution in [0.2, 0.25) is 5.02 Å². The van der Waals surface area contributed by atoms with E-state index in [0.717, 1.165) is 22.5 Å². The number of nitrogens with zero attached hydrogens (tertiary/aromatic N) is 3. The van der Waals surface area contributed by atoms with Gasteiger partial charge in [-0.1, -0.05) is 11.6 Å². The number of anilines is 2. The van der Waals surface area contributed by atoms with Crippen LogP contribution in [0.15, 0.2) is 42.9 Å². The van der Waals surface area contributed by atoms with E-state index in [2.05, 4.69) is 15.3 Å². The van der Waals surface area contributed by atoms with Crippen molar-refractivity contribution in [1.82, 2.24) is 14.5 Å². The molecule has 3 rings (SSSR count). The normalized spacial score (nSPS) is 10.8. The summed E-state index contributed by atoms with van der Waals surface area (Å²) in [5, 5.41) is 4.98. The van der Waals surface area contributed by atoms with Crippen molar-refractivity contribution in [3.8, 4) is 0 Å². The lowest BCUT2D eigenvalue weighted by Crippen LogP contribution is -1.96. The Bertz CT molecular complexity index is 688. The first-order valence-electron chi connectivity index (χ1n) is 5.52. The minimum Gasteiger partial charge on any atom is -0.340 e. The molecule has 0 aliphatic rings. The number of aryl methyl sites for hydroxylation is 1. The Hall–Kier alpha value is -2.07. The van der Waals surface area contributed by atoms with E-state index in [1.54, 1.807) is 6.33 Å². The first-order chi connectivity index (χ1) is 8.74. The van der Waals surface area contributed by atoms with Gasteiger partial charge >= 0.3 is 0 Å². The van der Waals surface area contributed by atoms with E-state index < -0.39 is 0 Å². The van der Waals surface area contributed by atoms with E-state index in [0.29, 0.717) is 5.02 Å². The second kappa shape index (κ2) is 4.31. The molecule has 0 spiro atoms. The maximum absolute atomic E-state index is 5.86. The first kappa shape index (κ1) is 11.0. The maximum atomic E-state index is 5.86. The van der Waals surface area contributed by atoms with Gasteiger partial charge in [-0.15, -0.1) is 0 Å². The quantitative estimate of drug-likeness (QED) is 0.766. The van der Waals surface area contributed by atoms with Crippen LogP contribution in [0.1, 0.15) is 0 Å². The van der Waals surface area contributed by atoms with E-state index in [9.17, 15) is 0 Å². The van der Waals surface area contributed by atoms with Crippen molar-refractivity contribution in [2.24, 2.45) is 7.05 Å². The highest BCUT2D eigenvalue weighted by atomic mass is 35.5. The molecule has 0 aliphatic heterocycles.